The second-order valence-corrected chi connectivity index (χ2v) is 4.50. The van der Waals surface area contributed by atoms with E-state index in [1.807, 2.05) is 0 Å². The number of guanidine groups is 2. The Hall–Kier alpha value is -1.26. The molecule has 1 heterocycles. The van der Waals surface area contributed by atoms with Crippen LogP contribution >= 0.6 is 0 Å². The molecule has 1 fully saturated rings. The number of hydrogen-bond acceptors (Lipinski definition) is 2. The number of likely N-dealkylation sites (tertiary alicyclic amines) is 1. The molecule has 0 aromatic heterocycles. The van der Waals surface area contributed by atoms with Gasteiger partial charge < -0.3 is 10.6 Å². The Bertz CT molecular complexity index is 256. The smallest absolute Gasteiger partial charge is 0.200 e. The minimum atomic E-state index is -0.0239. The molecule has 5 heteroatoms. The second kappa shape index (κ2) is 7.92. The van der Waals surface area contributed by atoms with E-state index < -0.39 is 0 Å². The van der Waals surface area contributed by atoms with Gasteiger partial charge >= 0.3 is 0 Å². The molecule has 0 unspecified atom stereocenters. The van der Waals surface area contributed by atoms with Crippen LogP contribution in [0.2, 0.25) is 0 Å². The molecule has 98 valence electrons. The van der Waals surface area contributed by atoms with Crippen molar-refractivity contribution in [1.29, 1.82) is 5.41 Å². The van der Waals surface area contributed by atoms with Crippen LogP contribution in [0.5, 0.6) is 0 Å². The third kappa shape index (κ3) is 5.56. The quantitative estimate of drug-likeness (QED) is 0.386. The van der Waals surface area contributed by atoms with Crippen molar-refractivity contribution in [3.05, 3.63) is 0 Å². The third-order valence-electron chi connectivity index (χ3n) is 2.93. The normalized spacial score (nSPS) is 16.3. The van der Waals surface area contributed by atoms with Gasteiger partial charge in [-0.2, -0.15) is 0 Å². The van der Waals surface area contributed by atoms with Gasteiger partial charge in [0.05, 0.1) is 0 Å². The van der Waals surface area contributed by atoms with Crippen molar-refractivity contribution in [2.75, 3.05) is 19.6 Å². The monoisotopic (exact) mass is 239 g/mol. The van der Waals surface area contributed by atoms with Crippen molar-refractivity contribution < 1.29 is 0 Å². The maximum atomic E-state index is 7.29. The Morgan fingerprint density at radius 3 is 2.59 bits per heavy atom. The van der Waals surface area contributed by atoms with E-state index in [2.05, 4.69) is 22.1 Å². The molecule has 0 saturated carbocycles. The maximum Gasteiger partial charge on any atom is 0.200 e. The Kier molecular flexibility index (Phi) is 6.43. The molecule has 0 aromatic carbocycles. The molecule has 0 aliphatic carbocycles. The van der Waals surface area contributed by atoms with E-state index in [1.54, 1.807) is 0 Å². The largest absolute Gasteiger partial charge is 0.370 e. The third-order valence-corrected chi connectivity index (χ3v) is 2.93. The summed E-state index contributed by atoms with van der Waals surface area (Å²) in [4.78, 5) is 6.71. The van der Waals surface area contributed by atoms with Crippen molar-refractivity contribution in [3.63, 3.8) is 0 Å². The molecular formula is C12H25N5. The molecule has 0 bridgehead atoms. The van der Waals surface area contributed by atoms with E-state index >= 15 is 0 Å². The van der Waals surface area contributed by atoms with Gasteiger partial charge in [-0.1, -0.05) is 26.2 Å². The highest BCUT2D eigenvalue weighted by Crippen LogP contribution is 2.07. The summed E-state index contributed by atoms with van der Waals surface area (Å²) >= 11 is 0. The number of unbranched alkanes of at least 4 members (excludes halogenated alkanes) is 3. The summed E-state index contributed by atoms with van der Waals surface area (Å²) in [5.41, 5.74) is 5.38. The summed E-state index contributed by atoms with van der Waals surface area (Å²) < 4.78 is 0. The number of aliphatic imine (C=N–C) groups is 1. The summed E-state index contributed by atoms with van der Waals surface area (Å²) in [6.07, 6.45) is 7.27. The fourth-order valence-corrected chi connectivity index (χ4v) is 1.99. The van der Waals surface area contributed by atoms with Crippen LogP contribution in [0, 0.1) is 5.41 Å². The highest BCUT2D eigenvalue weighted by Gasteiger charge is 2.16. The van der Waals surface area contributed by atoms with Crippen LogP contribution in [0.4, 0.5) is 0 Å². The van der Waals surface area contributed by atoms with E-state index in [1.165, 1.54) is 32.1 Å². The number of hydrogen-bond donors (Lipinski definition) is 3. The molecule has 1 aliphatic rings. The predicted molar refractivity (Wildman–Crippen MR) is 72.3 cm³/mol. The van der Waals surface area contributed by atoms with Gasteiger partial charge in [0.25, 0.3) is 0 Å². The van der Waals surface area contributed by atoms with Crippen LogP contribution in [-0.2, 0) is 0 Å². The predicted octanol–water partition coefficient (Wildman–Crippen LogP) is 1.50. The second-order valence-electron chi connectivity index (χ2n) is 4.50. The van der Waals surface area contributed by atoms with Gasteiger partial charge in [0, 0.05) is 19.6 Å². The number of nitrogens with one attached hydrogen (secondary N) is 2. The van der Waals surface area contributed by atoms with Crippen LogP contribution in [0.15, 0.2) is 4.99 Å². The van der Waals surface area contributed by atoms with Crippen molar-refractivity contribution in [2.45, 2.75) is 45.4 Å². The topological polar surface area (TPSA) is 77.5 Å². The lowest BCUT2D eigenvalue weighted by Crippen LogP contribution is -2.45. The van der Waals surface area contributed by atoms with Gasteiger partial charge in [-0.05, 0) is 19.3 Å². The molecule has 0 aromatic rings. The SMILES string of the molecule is CCCCCCN=C(NC(=N)N)N1CCCC1. The molecule has 1 saturated heterocycles. The van der Waals surface area contributed by atoms with E-state index in [0.29, 0.717) is 0 Å². The first kappa shape index (κ1) is 13.8. The highest BCUT2D eigenvalue weighted by molar-refractivity contribution is 5.96. The van der Waals surface area contributed by atoms with Gasteiger partial charge in [-0.3, -0.25) is 15.7 Å². The van der Waals surface area contributed by atoms with E-state index in [9.17, 15) is 0 Å². The average molecular weight is 239 g/mol. The van der Waals surface area contributed by atoms with Crippen molar-refractivity contribution in [2.24, 2.45) is 10.7 Å². The highest BCUT2D eigenvalue weighted by atomic mass is 15.3. The van der Waals surface area contributed by atoms with Gasteiger partial charge in [-0.15, -0.1) is 0 Å². The zero-order valence-electron chi connectivity index (χ0n) is 10.8. The van der Waals surface area contributed by atoms with Crippen LogP contribution in [0.25, 0.3) is 0 Å². The van der Waals surface area contributed by atoms with Gasteiger partial charge in [0.15, 0.2) is 5.96 Å². The molecule has 1 rings (SSSR count). The van der Waals surface area contributed by atoms with Gasteiger partial charge in [-0.25, -0.2) is 0 Å². The average Bonchev–Trinajstić information content (AvgIpc) is 2.80. The molecule has 0 radical (unpaired) electrons. The summed E-state index contributed by atoms with van der Waals surface area (Å²) in [5, 5.41) is 10.1. The lowest BCUT2D eigenvalue weighted by Gasteiger charge is -2.20. The molecule has 0 amide bonds. The van der Waals surface area contributed by atoms with Crippen LogP contribution in [0.3, 0.4) is 0 Å². The fourth-order valence-electron chi connectivity index (χ4n) is 1.99. The van der Waals surface area contributed by atoms with Crippen molar-refractivity contribution in [3.8, 4) is 0 Å². The van der Waals surface area contributed by atoms with Crippen LogP contribution in [-0.4, -0.2) is 36.5 Å². The van der Waals surface area contributed by atoms with Crippen molar-refractivity contribution >= 4 is 11.9 Å². The van der Waals surface area contributed by atoms with E-state index in [0.717, 1.165) is 32.0 Å². The van der Waals surface area contributed by atoms with Crippen LogP contribution < -0.4 is 11.1 Å². The Balaban J connectivity index is 2.38. The lowest BCUT2D eigenvalue weighted by molar-refractivity contribution is 0.502. The molecule has 17 heavy (non-hydrogen) atoms. The number of rotatable bonds is 5. The first-order valence-electron chi connectivity index (χ1n) is 6.64. The Morgan fingerprint density at radius 2 is 2.00 bits per heavy atom. The molecule has 5 nitrogen and oxygen atoms in total. The lowest BCUT2D eigenvalue weighted by atomic mass is 10.2. The summed E-state index contributed by atoms with van der Waals surface area (Å²) in [5.74, 6) is 0.760. The zero-order valence-corrected chi connectivity index (χ0v) is 10.8. The minimum Gasteiger partial charge on any atom is -0.370 e. The van der Waals surface area contributed by atoms with Crippen molar-refractivity contribution in [1.82, 2.24) is 10.2 Å². The first-order chi connectivity index (χ1) is 8.24. The first-order valence-corrected chi connectivity index (χ1v) is 6.64. The molecule has 0 spiro atoms. The van der Waals surface area contributed by atoms with Crippen LogP contribution in [0.1, 0.15) is 45.4 Å². The molecule has 4 N–H and O–H groups in total. The molecule has 0 atom stereocenters. The Labute approximate surface area is 104 Å². The van der Waals surface area contributed by atoms with Gasteiger partial charge in [0.1, 0.15) is 0 Å². The summed E-state index contributed by atoms with van der Waals surface area (Å²) in [6, 6.07) is 0. The van der Waals surface area contributed by atoms with Gasteiger partial charge in [0.2, 0.25) is 5.96 Å². The zero-order chi connectivity index (χ0) is 12.5. The fraction of sp³-hybridized carbons (Fsp3) is 0.833. The van der Waals surface area contributed by atoms with E-state index in [4.69, 9.17) is 11.1 Å². The number of nitrogens with zero attached hydrogens (tertiary/aromatic N) is 2. The van der Waals surface area contributed by atoms with E-state index in [-0.39, 0.29) is 5.96 Å². The maximum absolute atomic E-state index is 7.29. The molecule has 1 aliphatic heterocycles. The number of nitrogens with two attached hydrogens (primary N) is 1. The summed E-state index contributed by atoms with van der Waals surface area (Å²) in [6.45, 7) is 5.07. The summed E-state index contributed by atoms with van der Waals surface area (Å²) in [7, 11) is 0. The standard InChI is InChI=1S/C12H25N5/c1-2-3-4-5-8-15-12(16-11(13)14)17-9-6-7-10-17/h2-10H2,1H3,(H4,13,14,15,16). The molecular weight excluding hydrogens is 214 g/mol. The Morgan fingerprint density at radius 1 is 1.29 bits per heavy atom. The minimum absolute atomic E-state index is 0.0239.